The lowest BCUT2D eigenvalue weighted by molar-refractivity contribution is 0.585. The Labute approximate surface area is 114 Å². The van der Waals surface area contributed by atoms with Crippen molar-refractivity contribution in [2.75, 3.05) is 5.32 Å². The third-order valence-corrected chi connectivity index (χ3v) is 2.78. The maximum atomic E-state index is 13.8. The molecule has 0 bridgehead atoms. The third kappa shape index (κ3) is 2.85. The van der Waals surface area contributed by atoms with E-state index in [2.05, 4.69) is 10.3 Å². The summed E-state index contributed by atoms with van der Waals surface area (Å²) in [6.45, 7) is 1.56. The molecule has 0 atom stereocenters. The number of hydrogen-bond acceptors (Lipinski definition) is 3. The normalized spacial score (nSPS) is 10.3. The van der Waals surface area contributed by atoms with Gasteiger partial charge in [-0.15, -0.1) is 0 Å². The summed E-state index contributed by atoms with van der Waals surface area (Å²) in [7, 11) is 0. The van der Waals surface area contributed by atoms with Gasteiger partial charge in [-0.2, -0.15) is 0 Å². The number of hydrogen-bond donors (Lipinski definition) is 2. The van der Waals surface area contributed by atoms with E-state index in [1.165, 1.54) is 24.4 Å². The molecule has 1 heterocycles. The van der Waals surface area contributed by atoms with Gasteiger partial charge in [0.05, 0.1) is 5.69 Å². The average molecular weight is 279 g/mol. The molecule has 0 saturated carbocycles. The van der Waals surface area contributed by atoms with Gasteiger partial charge in [0.25, 0.3) is 0 Å². The van der Waals surface area contributed by atoms with Gasteiger partial charge >= 0.3 is 0 Å². The fraction of sp³-hybridized carbons (Fsp3) is 0.0769. The van der Waals surface area contributed by atoms with E-state index in [1.807, 2.05) is 0 Å². The molecule has 1 aromatic heterocycles. The summed E-state index contributed by atoms with van der Waals surface area (Å²) in [6.07, 6.45) is 1.46. The minimum Gasteiger partial charge on any atom is -0.388 e. The predicted octanol–water partition coefficient (Wildman–Crippen LogP) is 3.05. The summed E-state index contributed by atoms with van der Waals surface area (Å²) >= 11 is 4.80. The van der Waals surface area contributed by atoms with Crippen LogP contribution in [0.4, 0.5) is 20.2 Å². The lowest BCUT2D eigenvalue weighted by Crippen LogP contribution is -2.11. The van der Waals surface area contributed by atoms with E-state index >= 15 is 0 Å². The standard InChI is InChI=1S/C13H11F2N3S/c1-7-2-3-9(14)12(11(7)15)18-8-4-5-17-10(6-8)13(16)19/h2-6H,1H3,(H2,16,19)(H,17,18). The highest BCUT2D eigenvalue weighted by molar-refractivity contribution is 7.80. The van der Waals surface area contributed by atoms with Crippen molar-refractivity contribution in [3.05, 3.63) is 53.4 Å². The van der Waals surface area contributed by atoms with Crippen molar-refractivity contribution >= 4 is 28.6 Å². The number of nitrogens with zero attached hydrogens (tertiary/aromatic N) is 1. The first-order chi connectivity index (χ1) is 8.99. The minimum atomic E-state index is -0.670. The lowest BCUT2D eigenvalue weighted by Gasteiger charge is -2.11. The SMILES string of the molecule is Cc1ccc(F)c(Nc2ccnc(C(N)=S)c2)c1F. The fourth-order valence-electron chi connectivity index (χ4n) is 1.56. The molecule has 3 N–H and O–H groups in total. The van der Waals surface area contributed by atoms with Crippen molar-refractivity contribution in [1.29, 1.82) is 0 Å². The number of aryl methyl sites for hydroxylation is 1. The fourth-order valence-corrected chi connectivity index (χ4v) is 1.67. The number of anilines is 2. The van der Waals surface area contributed by atoms with Crippen molar-refractivity contribution in [1.82, 2.24) is 4.98 Å². The zero-order valence-corrected chi connectivity index (χ0v) is 10.9. The molecule has 2 aromatic rings. The monoisotopic (exact) mass is 279 g/mol. The van der Waals surface area contributed by atoms with E-state index in [-0.39, 0.29) is 10.7 Å². The molecule has 0 radical (unpaired) electrons. The zero-order valence-electron chi connectivity index (χ0n) is 10.1. The molecule has 3 nitrogen and oxygen atoms in total. The largest absolute Gasteiger partial charge is 0.388 e. The van der Waals surface area contributed by atoms with Crippen LogP contribution < -0.4 is 11.1 Å². The Balaban J connectivity index is 2.39. The smallest absolute Gasteiger partial charge is 0.152 e. The maximum Gasteiger partial charge on any atom is 0.152 e. The number of nitrogens with one attached hydrogen (secondary N) is 1. The zero-order chi connectivity index (χ0) is 14.0. The van der Waals surface area contributed by atoms with Crippen LogP contribution in [0.25, 0.3) is 0 Å². The first-order valence-electron chi connectivity index (χ1n) is 5.46. The van der Waals surface area contributed by atoms with Crippen molar-refractivity contribution in [2.24, 2.45) is 5.73 Å². The molecule has 0 unspecified atom stereocenters. The minimum absolute atomic E-state index is 0.119. The van der Waals surface area contributed by atoms with Crippen molar-refractivity contribution < 1.29 is 8.78 Å². The Bertz CT molecular complexity index is 644. The molecule has 19 heavy (non-hydrogen) atoms. The van der Waals surface area contributed by atoms with Gasteiger partial charge in [0.1, 0.15) is 16.5 Å². The van der Waals surface area contributed by atoms with Crippen LogP contribution in [0.15, 0.2) is 30.5 Å². The van der Waals surface area contributed by atoms with Gasteiger partial charge in [0.2, 0.25) is 0 Å². The van der Waals surface area contributed by atoms with Crippen LogP contribution in [0.1, 0.15) is 11.3 Å². The van der Waals surface area contributed by atoms with Gasteiger partial charge < -0.3 is 11.1 Å². The molecule has 1 aromatic carbocycles. The van der Waals surface area contributed by atoms with Gasteiger partial charge in [0.15, 0.2) is 5.82 Å². The first-order valence-corrected chi connectivity index (χ1v) is 5.87. The summed E-state index contributed by atoms with van der Waals surface area (Å²) in [4.78, 5) is 4.07. The van der Waals surface area contributed by atoms with E-state index in [9.17, 15) is 8.78 Å². The summed E-state index contributed by atoms with van der Waals surface area (Å²) in [5.41, 5.74) is 6.44. The van der Waals surface area contributed by atoms with Gasteiger partial charge in [-0.25, -0.2) is 8.78 Å². The van der Waals surface area contributed by atoms with E-state index in [0.29, 0.717) is 16.9 Å². The highest BCUT2D eigenvalue weighted by Crippen LogP contribution is 2.25. The summed E-state index contributed by atoms with van der Waals surface area (Å²) in [6, 6.07) is 5.69. The Kier molecular flexibility index (Phi) is 3.71. The van der Waals surface area contributed by atoms with Crippen LogP contribution in [0.5, 0.6) is 0 Å². The topological polar surface area (TPSA) is 50.9 Å². The molecule has 0 fully saturated rings. The van der Waals surface area contributed by atoms with Crippen LogP contribution in [-0.4, -0.2) is 9.97 Å². The number of thiocarbonyl (C=S) groups is 1. The molecule has 0 aliphatic rings. The molecule has 0 spiro atoms. The maximum absolute atomic E-state index is 13.8. The summed E-state index contributed by atoms with van der Waals surface area (Å²) < 4.78 is 27.4. The molecule has 0 saturated heterocycles. The van der Waals surface area contributed by atoms with Crippen LogP contribution >= 0.6 is 12.2 Å². The Hall–Kier alpha value is -2.08. The van der Waals surface area contributed by atoms with Crippen LogP contribution in [0.3, 0.4) is 0 Å². The number of rotatable bonds is 3. The Morgan fingerprint density at radius 1 is 1.32 bits per heavy atom. The molecule has 0 aliphatic carbocycles. The van der Waals surface area contributed by atoms with E-state index in [4.69, 9.17) is 18.0 Å². The van der Waals surface area contributed by atoms with Crippen molar-refractivity contribution in [2.45, 2.75) is 6.92 Å². The summed E-state index contributed by atoms with van der Waals surface area (Å²) in [5, 5.41) is 2.67. The predicted molar refractivity (Wildman–Crippen MR) is 74.5 cm³/mol. The molecular formula is C13H11F2N3S. The molecule has 98 valence electrons. The lowest BCUT2D eigenvalue weighted by atomic mass is 10.2. The quantitative estimate of drug-likeness (QED) is 0.848. The van der Waals surface area contributed by atoms with Crippen LogP contribution in [0.2, 0.25) is 0 Å². The van der Waals surface area contributed by atoms with Gasteiger partial charge in [-0.1, -0.05) is 18.3 Å². The van der Waals surface area contributed by atoms with Gasteiger partial charge in [0, 0.05) is 11.9 Å². The highest BCUT2D eigenvalue weighted by atomic mass is 32.1. The average Bonchev–Trinajstić information content (AvgIpc) is 2.39. The molecule has 0 aliphatic heterocycles. The number of benzene rings is 1. The number of halogens is 2. The van der Waals surface area contributed by atoms with Crippen LogP contribution in [0, 0.1) is 18.6 Å². The summed E-state index contributed by atoms with van der Waals surface area (Å²) in [5.74, 6) is -1.30. The van der Waals surface area contributed by atoms with E-state index in [1.54, 1.807) is 13.0 Å². The molecule has 6 heteroatoms. The highest BCUT2D eigenvalue weighted by Gasteiger charge is 2.12. The Morgan fingerprint density at radius 2 is 2.05 bits per heavy atom. The first kappa shape index (κ1) is 13.4. The van der Waals surface area contributed by atoms with Crippen molar-refractivity contribution in [3.63, 3.8) is 0 Å². The number of pyridine rings is 1. The second-order valence-electron chi connectivity index (χ2n) is 3.97. The van der Waals surface area contributed by atoms with Gasteiger partial charge in [-0.3, -0.25) is 4.98 Å². The van der Waals surface area contributed by atoms with Crippen molar-refractivity contribution in [3.8, 4) is 0 Å². The second-order valence-corrected chi connectivity index (χ2v) is 4.41. The number of nitrogens with two attached hydrogens (primary N) is 1. The second kappa shape index (κ2) is 5.27. The van der Waals surface area contributed by atoms with Crippen LogP contribution in [-0.2, 0) is 0 Å². The molecular weight excluding hydrogens is 268 g/mol. The third-order valence-electron chi connectivity index (χ3n) is 2.57. The number of aromatic nitrogens is 1. The van der Waals surface area contributed by atoms with Gasteiger partial charge in [-0.05, 0) is 30.7 Å². The van der Waals surface area contributed by atoms with E-state index in [0.717, 1.165) is 0 Å². The molecule has 0 amide bonds. The molecule has 2 rings (SSSR count). The van der Waals surface area contributed by atoms with E-state index < -0.39 is 11.6 Å². The Morgan fingerprint density at radius 3 is 2.74 bits per heavy atom.